The first kappa shape index (κ1) is 13.2. The molecule has 0 fully saturated rings. The van der Waals surface area contributed by atoms with Gasteiger partial charge in [0, 0.05) is 18.3 Å². The van der Waals surface area contributed by atoms with Crippen LogP contribution in [0.15, 0.2) is 24.3 Å². The molecule has 2 N–H and O–H groups in total. The minimum Gasteiger partial charge on any atom is -0.355 e. The van der Waals surface area contributed by atoms with Crippen molar-refractivity contribution in [2.75, 3.05) is 12.4 Å². The number of carbonyl (C=O) groups is 1. The van der Waals surface area contributed by atoms with Gasteiger partial charge in [0.1, 0.15) is 5.82 Å². The van der Waals surface area contributed by atoms with Crippen molar-refractivity contribution >= 4 is 29.1 Å². The third-order valence-corrected chi connectivity index (χ3v) is 2.52. The highest BCUT2D eigenvalue weighted by atomic mass is 35.5. The van der Waals surface area contributed by atoms with Gasteiger partial charge in [-0.05, 0) is 42.8 Å². The first-order chi connectivity index (χ1) is 9.08. The Morgan fingerprint density at radius 3 is 2.42 bits per heavy atom. The number of carbonyl (C=O) groups excluding carboxylic acids is 1. The molecular formula is C12H12ClN5O. The maximum atomic E-state index is 11.4. The van der Waals surface area contributed by atoms with Crippen LogP contribution in [0.2, 0.25) is 5.28 Å². The van der Waals surface area contributed by atoms with E-state index in [0.29, 0.717) is 17.3 Å². The highest BCUT2D eigenvalue weighted by Crippen LogP contribution is 2.15. The zero-order valence-corrected chi connectivity index (χ0v) is 11.2. The van der Waals surface area contributed by atoms with Gasteiger partial charge in [0.2, 0.25) is 11.2 Å². The summed E-state index contributed by atoms with van der Waals surface area (Å²) in [6.07, 6.45) is 0. The number of amides is 1. The van der Waals surface area contributed by atoms with Gasteiger partial charge in [-0.1, -0.05) is 0 Å². The van der Waals surface area contributed by atoms with E-state index in [1.165, 1.54) is 0 Å². The van der Waals surface area contributed by atoms with E-state index in [-0.39, 0.29) is 11.2 Å². The molecule has 6 nitrogen and oxygen atoms in total. The van der Waals surface area contributed by atoms with E-state index in [0.717, 1.165) is 5.69 Å². The van der Waals surface area contributed by atoms with Gasteiger partial charge in [0.05, 0.1) is 0 Å². The van der Waals surface area contributed by atoms with Crippen molar-refractivity contribution in [1.82, 2.24) is 20.3 Å². The quantitative estimate of drug-likeness (QED) is 0.896. The van der Waals surface area contributed by atoms with Crippen LogP contribution in [0.3, 0.4) is 0 Å². The second-order valence-electron chi connectivity index (χ2n) is 3.76. The number of hydrogen-bond acceptors (Lipinski definition) is 5. The number of rotatable bonds is 3. The molecule has 98 valence electrons. The van der Waals surface area contributed by atoms with E-state index in [1.807, 2.05) is 0 Å². The Bertz CT molecular complexity index is 579. The molecular weight excluding hydrogens is 266 g/mol. The van der Waals surface area contributed by atoms with Gasteiger partial charge in [-0.3, -0.25) is 4.79 Å². The van der Waals surface area contributed by atoms with Gasteiger partial charge in [0.25, 0.3) is 5.91 Å². The summed E-state index contributed by atoms with van der Waals surface area (Å²) in [5, 5.41) is 5.68. The van der Waals surface area contributed by atoms with Gasteiger partial charge >= 0.3 is 0 Å². The van der Waals surface area contributed by atoms with E-state index < -0.39 is 0 Å². The second kappa shape index (κ2) is 5.62. The Morgan fingerprint density at radius 2 is 1.84 bits per heavy atom. The molecule has 0 aliphatic rings. The average molecular weight is 278 g/mol. The summed E-state index contributed by atoms with van der Waals surface area (Å²) in [5.74, 6) is 0.764. The lowest BCUT2D eigenvalue weighted by Gasteiger charge is -2.06. The monoisotopic (exact) mass is 277 g/mol. The van der Waals surface area contributed by atoms with Crippen molar-refractivity contribution in [3.8, 4) is 0 Å². The highest BCUT2D eigenvalue weighted by Gasteiger charge is 2.04. The second-order valence-corrected chi connectivity index (χ2v) is 4.09. The summed E-state index contributed by atoms with van der Waals surface area (Å²) in [5.41, 5.74) is 1.34. The minimum absolute atomic E-state index is 0.134. The van der Waals surface area contributed by atoms with Crippen molar-refractivity contribution in [3.63, 3.8) is 0 Å². The fourth-order valence-corrected chi connectivity index (χ4v) is 1.69. The van der Waals surface area contributed by atoms with Gasteiger partial charge in [-0.2, -0.15) is 9.97 Å². The molecule has 1 amide bonds. The van der Waals surface area contributed by atoms with Crippen LogP contribution in [0.5, 0.6) is 0 Å². The molecule has 1 aromatic carbocycles. The molecule has 0 bridgehead atoms. The molecule has 0 atom stereocenters. The SMILES string of the molecule is CNC(=O)c1ccc(Nc2nc(C)nc(Cl)n2)cc1. The Kier molecular flexibility index (Phi) is 3.91. The standard InChI is InChI=1S/C12H12ClN5O/c1-7-15-11(13)18-12(16-7)17-9-5-3-8(4-6-9)10(19)14-2/h3-6H,1-2H3,(H,14,19)(H,15,16,17,18). The zero-order valence-electron chi connectivity index (χ0n) is 10.4. The van der Waals surface area contributed by atoms with Gasteiger partial charge in [0.15, 0.2) is 0 Å². The van der Waals surface area contributed by atoms with Crippen LogP contribution in [0.1, 0.15) is 16.2 Å². The maximum Gasteiger partial charge on any atom is 0.251 e. The van der Waals surface area contributed by atoms with Crippen LogP contribution >= 0.6 is 11.6 Å². The number of nitrogens with zero attached hydrogens (tertiary/aromatic N) is 3. The van der Waals surface area contributed by atoms with E-state index in [9.17, 15) is 4.79 Å². The average Bonchev–Trinajstić information content (AvgIpc) is 2.37. The number of aromatic nitrogens is 3. The zero-order chi connectivity index (χ0) is 13.8. The Hall–Kier alpha value is -2.21. The smallest absolute Gasteiger partial charge is 0.251 e. The van der Waals surface area contributed by atoms with Gasteiger partial charge in [-0.25, -0.2) is 4.98 Å². The summed E-state index contributed by atoms with van der Waals surface area (Å²) in [7, 11) is 1.59. The molecule has 0 aliphatic heterocycles. The number of benzene rings is 1. The summed E-state index contributed by atoms with van der Waals surface area (Å²) in [6.45, 7) is 1.73. The van der Waals surface area contributed by atoms with Crippen LogP contribution in [-0.4, -0.2) is 27.9 Å². The Morgan fingerprint density at radius 1 is 1.16 bits per heavy atom. The molecule has 0 saturated carbocycles. The van der Waals surface area contributed by atoms with E-state index >= 15 is 0 Å². The third kappa shape index (κ3) is 3.38. The summed E-state index contributed by atoms with van der Waals surface area (Å²) in [4.78, 5) is 23.3. The molecule has 2 aromatic rings. The lowest BCUT2D eigenvalue weighted by atomic mass is 10.2. The van der Waals surface area contributed by atoms with E-state index in [1.54, 1.807) is 38.2 Å². The fourth-order valence-electron chi connectivity index (χ4n) is 1.48. The lowest BCUT2D eigenvalue weighted by Crippen LogP contribution is -2.17. The van der Waals surface area contributed by atoms with Crippen LogP contribution in [-0.2, 0) is 0 Å². The number of halogens is 1. The summed E-state index contributed by atoms with van der Waals surface area (Å²) >= 11 is 5.75. The Labute approximate surface area is 115 Å². The molecule has 1 aromatic heterocycles. The third-order valence-electron chi connectivity index (χ3n) is 2.35. The number of anilines is 2. The Balaban J connectivity index is 2.17. The van der Waals surface area contributed by atoms with Crippen LogP contribution < -0.4 is 10.6 Å². The predicted octanol–water partition coefficient (Wildman–Crippen LogP) is 1.94. The molecule has 0 unspecified atom stereocenters. The van der Waals surface area contributed by atoms with Crippen molar-refractivity contribution in [3.05, 3.63) is 40.9 Å². The first-order valence-electron chi connectivity index (χ1n) is 5.56. The molecule has 0 saturated heterocycles. The molecule has 0 aliphatic carbocycles. The number of nitrogens with one attached hydrogen (secondary N) is 2. The van der Waals surface area contributed by atoms with E-state index in [2.05, 4.69) is 25.6 Å². The minimum atomic E-state index is -0.134. The summed E-state index contributed by atoms with van der Waals surface area (Å²) < 4.78 is 0. The molecule has 0 radical (unpaired) electrons. The van der Waals surface area contributed by atoms with Crippen LogP contribution in [0, 0.1) is 6.92 Å². The van der Waals surface area contributed by atoms with Crippen molar-refractivity contribution in [2.24, 2.45) is 0 Å². The van der Waals surface area contributed by atoms with Gasteiger partial charge in [-0.15, -0.1) is 0 Å². The van der Waals surface area contributed by atoms with Crippen molar-refractivity contribution in [1.29, 1.82) is 0 Å². The molecule has 19 heavy (non-hydrogen) atoms. The molecule has 0 spiro atoms. The molecule has 7 heteroatoms. The van der Waals surface area contributed by atoms with E-state index in [4.69, 9.17) is 11.6 Å². The van der Waals surface area contributed by atoms with Crippen LogP contribution in [0.25, 0.3) is 0 Å². The van der Waals surface area contributed by atoms with Crippen LogP contribution in [0.4, 0.5) is 11.6 Å². The normalized spacial score (nSPS) is 10.1. The maximum absolute atomic E-state index is 11.4. The topological polar surface area (TPSA) is 79.8 Å². The molecule has 2 rings (SSSR count). The lowest BCUT2D eigenvalue weighted by molar-refractivity contribution is 0.0963. The predicted molar refractivity (Wildman–Crippen MR) is 72.7 cm³/mol. The highest BCUT2D eigenvalue weighted by molar-refractivity contribution is 6.28. The first-order valence-corrected chi connectivity index (χ1v) is 5.93. The van der Waals surface area contributed by atoms with Crippen molar-refractivity contribution in [2.45, 2.75) is 6.92 Å². The van der Waals surface area contributed by atoms with Gasteiger partial charge < -0.3 is 10.6 Å². The fraction of sp³-hybridized carbons (Fsp3) is 0.167. The molecule has 1 heterocycles. The largest absolute Gasteiger partial charge is 0.355 e. The van der Waals surface area contributed by atoms with Crippen molar-refractivity contribution < 1.29 is 4.79 Å². The number of hydrogen-bond donors (Lipinski definition) is 2. The number of aryl methyl sites for hydroxylation is 1. The summed E-state index contributed by atoms with van der Waals surface area (Å²) in [6, 6.07) is 6.93.